The number of ether oxygens (including phenoxy) is 2. The van der Waals surface area contributed by atoms with Crippen LogP contribution in [-0.2, 0) is 4.74 Å². The van der Waals surface area contributed by atoms with Gasteiger partial charge in [-0.05, 0) is 26.0 Å². The third-order valence-corrected chi connectivity index (χ3v) is 3.01. The molecule has 0 spiro atoms. The van der Waals surface area contributed by atoms with Gasteiger partial charge in [-0.3, -0.25) is 0 Å². The zero-order valence-electron chi connectivity index (χ0n) is 11.7. The molecule has 0 aliphatic carbocycles. The van der Waals surface area contributed by atoms with Crippen LogP contribution in [0, 0.1) is 5.82 Å². The largest absolute Gasteiger partial charge is 0.492 e. The maximum atomic E-state index is 13.2. The van der Waals surface area contributed by atoms with E-state index in [1.54, 1.807) is 11.8 Å². The number of hydrogen-bond acceptors (Lipinski definition) is 3. The van der Waals surface area contributed by atoms with Crippen molar-refractivity contribution in [2.24, 2.45) is 0 Å². The van der Waals surface area contributed by atoms with Crippen molar-refractivity contribution in [3.63, 3.8) is 0 Å². The van der Waals surface area contributed by atoms with Crippen molar-refractivity contribution >= 4 is 11.7 Å². The fourth-order valence-corrected chi connectivity index (χ4v) is 2.07. The van der Waals surface area contributed by atoms with Crippen molar-refractivity contribution in [3.8, 4) is 5.75 Å². The number of nitrogens with one attached hydrogen (secondary N) is 1. The predicted molar refractivity (Wildman–Crippen MR) is 73.6 cm³/mol. The standard InChI is InChI=1S/C14H19FN2O3/c1-3-19-13-8-11(15)4-5-12(13)16-14(18)17-6-7-20-10(2)9-17/h4-5,8,10H,3,6-7,9H2,1-2H3,(H,16,18)/t10-/m1/s1. The van der Waals surface area contributed by atoms with Crippen LogP contribution in [0.5, 0.6) is 5.75 Å². The zero-order chi connectivity index (χ0) is 14.5. The van der Waals surface area contributed by atoms with Crippen LogP contribution in [0.4, 0.5) is 14.9 Å². The van der Waals surface area contributed by atoms with E-state index in [4.69, 9.17) is 9.47 Å². The molecule has 0 radical (unpaired) electrons. The summed E-state index contributed by atoms with van der Waals surface area (Å²) in [5, 5.41) is 2.75. The molecule has 1 aromatic carbocycles. The first kappa shape index (κ1) is 14.6. The normalized spacial score (nSPS) is 18.8. The number of urea groups is 1. The van der Waals surface area contributed by atoms with Crippen LogP contribution in [0.15, 0.2) is 18.2 Å². The molecule has 6 heteroatoms. The van der Waals surface area contributed by atoms with Gasteiger partial charge < -0.3 is 19.7 Å². The molecular weight excluding hydrogens is 263 g/mol. The Morgan fingerprint density at radius 3 is 3.10 bits per heavy atom. The van der Waals surface area contributed by atoms with Gasteiger partial charge in [-0.25, -0.2) is 9.18 Å². The third-order valence-electron chi connectivity index (χ3n) is 3.01. The van der Waals surface area contributed by atoms with Crippen molar-refractivity contribution in [2.45, 2.75) is 20.0 Å². The quantitative estimate of drug-likeness (QED) is 0.926. The summed E-state index contributed by atoms with van der Waals surface area (Å²) in [6, 6.07) is 3.83. The molecule has 1 aliphatic rings. The number of anilines is 1. The Balaban J connectivity index is 2.06. The minimum absolute atomic E-state index is 0.0223. The van der Waals surface area contributed by atoms with Crippen LogP contribution in [0.3, 0.4) is 0 Å². The molecule has 1 atom stereocenters. The monoisotopic (exact) mass is 282 g/mol. The molecular formula is C14H19FN2O3. The maximum absolute atomic E-state index is 13.2. The molecule has 20 heavy (non-hydrogen) atoms. The smallest absolute Gasteiger partial charge is 0.322 e. The molecule has 5 nitrogen and oxygen atoms in total. The number of rotatable bonds is 3. The van der Waals surface area contributed by atoms with E-state index in [0.29, 0.717) is 37.7 Å². The first-order valence-corrected chi connectivity index (χ1v) is 6.70. The van der Waals surface area contributed by atoms with E-state index in [2.05, 4.69) is 5.32 Å². The summed E-state index contributed by atoms with van der Waals surface area (Å²) in [7, 11) is 0. The SMILES string of the molecule is CCOc1cc(F)ccc1NC(=O)N1CCO[C@H](C)C1. The minimum atomic E-state index is -0.397. The van der Waals surface area contributed by atoms with E-state index in [-0.39, 0.29) is 12.1 Å². The van der Waals surface area contributed by atoms with Gasteiger partial charge in [-0.2, -0.15) is 0 Å². The number of benzene rings is 1. The fourth-order valence-electron chi connectivity index (χ4n) is 2.07. The maximum Gasteiger partial charge on any atom is 0.322 e. The van der Waals surface area contributed by atoms with E-state index >= 15 is 0 Å². The van der Waals surface area contributed by atoms with Gasteiger partial charge in [0.05, 0.1) is 25.0 Å². The number of hydrogen-bond donors (Lipinski definition) is 1. The molecule has 1 N–H and O–H groups in total. The highest BCUT2D eigenvalue weighted by atomic mass is 19.1. The molecule has 1 aromatic rings. The lowest BCUT2D eigenvalue weighted by molar-refractivity contribution is -0.00139. The van der Waals surface area contributed by atoms with Crippen molar-refractivity contribution in [2.75, 3.05) is 31.6 Å². The highest BCUT2D eigenvalue weighted by Gasteiger charge is 2.22. The second-order valence-corrected chi connectivity index (χ2v) is 4.63. The van der Waals surface area contributed by atoms with Crippen LogP contribution in [0.2, 0.25) is 0 Å². The average molecular weight is 282 g/mol. The van der Waals surface area contributed by atoms with Crippen molar-refractivity contribution in [1.29, 1.82) is 0 Å². The highest BCUT2D eigenvalue weighted by molar-refractivity contribution is 5.91. The summed E-state index contributed by atoms with van der Waals surface area (Å²) in [5.74, 6) is -0.0615. The van der Waals surface area contributed by atoms with Gasteiger partial charge >= 0.3 is 6.03 Å². The van der Waals surface area contributed by atoms with Crippen molar-refractivity contribution in [1.82, 2.24) is 4.90 Å². The van der Waals surface area contributed by atoms with E-state index in [1.165, 1.54) is 18.2 Å². The van der Waals surface area contributed by atoms with Gasteiger partial charge in [-0.1, -0.05) is 0 Å². The fraction of sp³-hybridized carbons (Fsp3) is 0.500. The summed E-state index contributed by atoms with van der Waals surface area (Å²) in [6.45, 7) is 5.73. The van der Waals surface area contributed by atoms with Crippen molar-refractivity contribution in [3.05, 3.63) is 24.0 Å². The minimum Gasteiger partial charge on any atom is -0.492 e. The van der Waals surface area contributed by atoms with Gasteiger partial charge in [0.25, 0.3) is 0 Å². The van der Waals surface area contributed by atoms with Gasteiger partial charge in [0, 0.05) is 19.2 Å². The number of carbonyl (C=O) groups excluding carboxylic acids is 1. The summed E-state index contributed by atoms with van der Waals surface area (Å²) in [4.78, 5) is 13.8. The van der Waals surface area contributed by atoms with E-state index in [1.807, 2.05) is 6.92 Å². The Hall–Kier alpha value is -1.82. The average Bonchev–Trinajstić information content (AvgIpc) is 2.42. The molecule has 0 unspecified atom stereocenters. The molecule has 1 saturated heterocycles. The third kappa shape index (κ3) is 3.60. The van der Waals surface area contributed by atoms with Crippen LogP contribution in [0.1, 0.15) is 13.8 Å². The molecule has 1 aliphatic heterocycles. The van der Waals surface area contributed by atoms with E-state index < -0.39 is 5.82 Å². The molecule has 1 heterocycles. The topological polar surface area (TPSA) is 50.8 Å². The Morgan fingerprint density at radius 1 is 1.60 bits per heavy atom. The van der Waals surface area contributed by atoms with Crippen LogP contribution in [-0.4, -0.2) is 43.3 Å². The zero-order valence-corrected chi connectivity index (χ0v) is 11.7. The Labute approximate surface area is 117 Å². The first-order chi connectivity index (χ1) is 9.60. The van der Waals surface area contributed by atoms with E-state index in [9.17, 15) is 9.18 Å². The van der Waals surface area contributed by atoms with Gasteiger partial charge in [0.1, 0.15) is 11.6 Å². The lowest BCUT2D eigenvalue weighted by Gasteiger charge is -2.31. The van der Waals surface area contributed by atoms with Gasteiger partial charge in [0.2, 0.25) is 0 Å². The Bertz CT molecular complexity index is 481. The lowest BCUT2D eigenvalue weighted by Crippen LogP contribution is -2.46. The van der Waals surface area contributed by atoms with Crippen LogP contribution < -0.4 is 10.1 Å². The van der Waals surface area contributed by atoms with E-state index in [0.717, 1.165) is 0 Å². The number of nitrogens with zero attached hydrogens (tertiary/aromatic N) is 1. The molecule has 0 bridgehead atoms. The second-order valence-electron chi connectivity index (χ2n) is 4.63. The first-order valence-electron chi connectivity index (χ1n) is 6.70. The van der Waals surface area contributed by atoms with Gasteiger partial charge in [0.15, 0.2) is 0 Å². The number of carbonyl (C=O) groups is 1. The summed E-state index contributed by atoms with van der Waals surface area (Å²) in [6.07, 6.45) is 0.0223. The Morgan fingerprint density at radius 2 is 2.40 bits per heavy atom. The summed E-state index contributed by atoms with van der Waals surface area (Å²) < 4.78 is 23.9. The molecule has 0 saturated carbocycles. The highest BCUT2D eigenvalue weighted by Crippen LogP contribution is 2.26. The molecule has 110 valence electrons. The van der Waals surface area contributed by atoms with Crippen LogP contribution >= 0.6 is 0 Å². The summed E-state index contributed by atoms with van der Waals surface area (Å²) >= 11 is 0. The molecule has 2 rings (SSSR count). The van der Waals surface area contributed by atoms with Crippen molar-refractivity contribution < 1.29 is 18.7 Å². The number of amides is 2. The summed E-state index contributed by atoms with van der Waals surface area (Å²) in [5.41, 5.74) is 0.470. The number of morpholine rings is 1. The number of halogens is 1. The lowest BCUT2D eigenvalue weighted by atomic mass is 10.2. The molecule has 2 amide bonds. The molecule has 0 aromatic heterocycles. The van der Waals surface area contributed by atoms with Gasteiger partial charge in [-0.15, -0.1) is 0 Å². The second kappa shape index (κ2) is 6.56. The van der Waals surface area contributed by atoms with Crippen LogP contribution in [0.25, 0.3) is 0 Å². The molecule has 1 fully saturated rings. The Kier molecular flexibility index (Phi) is 4.79. The predicted octanol–water partition coefficient (Wildman–Crippen LogP) is 2.48.